The van der Waals surface area contributed by atoms with Gasteiger partial charge >= 0.3 is 0 Å². The maximum Gasteiger partial charge on any atom is 0.269 e. The van der Waals surface area contributed by atoms with Crippen LogP contribution >= 0.6 is 11.8 Å². The molecule has 1 N–H and O–H groups in total. The van der Waals surface area contributed by atoms with Gasteiger partial charge in [-0.25, -0.2) is 0 Å². The average Bonchev–Trinajstić information content (AvgIpc) is 3.10. The van der Waals surface area contributed by atoms with Crippen LogP contribution in [0, 0.1) is 10.1 Å². The highest BCUT2D eigenvalue weighted by Gasteiger charge is 2.15. The third-order valence-electron chi connectivity index (χ3n) is 3.64. The van der Waals surface area contributed by atoms with Crippen LogP contribution in [-0.2, 0) is 11.3 Å². The summed E-state index contributed by atoms with van der Waals surface area (Å²) in [5, 5.41) is 22.3. The Morgan fingerprint density at radius 1 is 1.29 bits per heavy atom. The Morgan fingerprint density at radius 3 is 2.71 bits per heavy atom. The van der Waals surface area contributed by atoms with E-state index in [2.05, 4.69) is 27.1 Å². The molecule has 1 amide bonds. The molecule has 3 rings (SSSR count). The van der Waals surface area contributed by atoms with Gasteiger partial charge in [-0.05, 0) is 24.3 Å². The number of nitrogens with zero attached hydrogens (tertiary/aromatic N) is 5. The first-order valence-electron chi connectivity index (χ1n) is 8.20. The lowest BCUT2D eigenvalue weighted by molar-refractivity contribution is -0.384. The maximum atomic E-state index is 12.2. The monoisotopic (exact) mass is 396 g/mol. The summed E-state index contributed by atoms with van der Waals surface area (Å²) in [5.41, 5.74) is 1.27. The quantitative estimate of drug-likeness (QED) is 0.269. The highest BCUT2D eigenvalue weighted by Crippen LogP contribution is 2.24. The van der Waals surface area contributed by atoms with E-state index in [1.165, 1.54) is 36.0 Å². The van der Waals surface area contributed by atoms with Crippen LogP contribution in [0.15, 0.2) is 66.6 Å². The summed E-state index contributed by atoms with van der Waals surface area (Å²) >= 11 is 1.24. The molecule has 3 aromatic rings. The molecular formula is C18H16N6O3S. The van der Waals surface area contributed by atoms with Crippen LogP contribution in [0.2, 0.25) is 0 Å². The number of carbonyl (C=O) groups excluding carboxylic acids is 1. The number of amides is 1. The zero-order valence-electron chi connectivity index (χ0n) is 14.7. The summed E-state index contributed by atoms with van der Waals surface area (Å²) in [4.78, 5) is 26.5. The Bertz CT molecular complexity index is 988. The van der Waals surface area contributed by atoms with E-state index in [-0.39, 0.29) is 17.3 Å². The smallest absolute Gasteiger partial charge is 0.269 e. The Hall–Kier alpha value is -3.53. The van der Waals surface area contributed by atoms with E-state index in [1.807, 2.05) is 16.7 Å². The molecule has 0 aliphatic heterocycles. The van der Waals surface area contributed by atoms with Gasteiger partial charge in [-0.3, -0.25) is 24.5 Å². The Kier molecular flexibility index (Phi) is 6.12. The molecule has 0 fully saturated rings. The molecule has 10 heteroatoms. The van der Waals surface area contributed by atoms with Gasteiger partial charge in [0, 0.05) is 42.3 Å². The van der Waals surface area contributed by atoms with Crippen LogP contribution in [0.5, 0.6) is 0 Å². The van der Waals surface area contributed by atoms with E-state index in [0.29, 0.717) is 23.2 Å². The van der Waals surface area contributed by atoms with Crippen LogP contribution in [0.3, 0.4) is 0 Å². The minimum absolute atomic E-state index is 0.0344. The number of aromatic nitrogens is 4. The van der Waals surface area contributed by atoms with Gasteiger partial charge in [-0.2, -0.15) is 0 Å². The molecule has 2 heterocycles. The molecule has 1 aromatic carbocycles. The maximum absolute atomic E-state index is 12.2. The number of rotatable bonds is 8. The molecule has 0 saturated heterocycles. The van der Waals surface area contributed by atoms with E-state index >= 15 is 0 Å². The van der Waals surface area contributed by atoms with Crippen molar-refractivity contribution in [3.05, 3.63) is 71.6 Å². The second-order valence-corrected chi connectivity index (χ2v) is 6.53. The van der Waals surface area contributed by atoms with Crippen molar-refractivity contribution in [1.82, 2.24) is 19.7 Å². The number of benzene rings is 1. The summed E-state index contributed by atoms with van der Waals surface area (Å²) < 4.78 is 1.85. The third kappa shape index (κ3) is 4.60. The molecule has 0 radical (unpaired) electrons. The van der Waals surface area contributed by atoms with Crippen molar-refractivity contribution in [1.29, 1.82) is 0 Å². The van der Waals surface area contributed by atoms with Crippen molar-refractivity contribution >= 4 is 29.0 Å². The van der Waals surface area contributed by atoms with E-state index in [1.54, 1.807) is 18.5 Å². The first kappa shape index (κ1) is 19.2. The van der Waals surface area contributed by atoms with E-state index < -0.39 is 4.92 Å². The van der Waals surface area contributed by atoms with Crippen LogP contribution < -0.4 is 5.32 Å². The summed E-state index contributed by atoms with van der Waals surface area (Å²) in [6, 6.07) is 9.34. The lowest BCUT2D eigenvalue weighted by Gasteiger charge is -2.08. The standard InChI is InChI=1S/C18H16N6O3S/c1-2-10-23-17(13-4-3-9-19-11-13)21-22-18(23)28-12-16(25)20-14-5-7-15(8-6-14)24(26)27/h2-9,11H,1,10,12H2,(H,20,25). The summed E-state index contributed by atoms with van der Waals surface area (Å²) in [7, 11) is 0. The number of carbonyl (C=O) groups is 1. The van der Waals surface area contributed by atoms with Gasteiger partial charge in [0.1, 0.15) is 0 Å². The zero-order chi connectivity index (χ0) is 19.9. The molecule has 0 saturated carbocycles. The molecule has 0 aliphatic rings. The fourth-order valence-corrected chi connectivity index (χ4v) is 3.14. The number of thioether (sulfide) groups is 1. The van der Waals surface area contributed by atoms with Gasteiger partial charge in [0.15, 0.2) is 11.0 Å². The van der Waals surface area contributed by atoms with Crippen LogP contribution in [0.25, 0.3) is 11.4 Å². The van der Waals surface area contributed by atoms with Gasteiger partial charge < -0.3 is 5.32 Å². The SMILES string of the molecule is C=CCn1c(SCC(=O)Nc2ccc([N+](=O)[O-])cc2)nnc1-c1cccnc1. The number of nitro groups is 1. The van der Waals surface area contributed by atoms with E-state index in [0.717, 1.165) is 5.56 Å². The largest absolute Gasteiger partial charge is 0.325 e. The van der Waals surface area contributed by atoms with Gasteiger partial charge in [0.25, 0.3) is 5.69 Å². The van der Waals surface area contributed by atoms with Crippen molar-refractivity contribution in [2.75, 3.05) is 11.1 Å². The minimum Gasteiger partial charge on any atom is -0.325 e. The van der Waals surface area contributed by atoms with Crippen LogP contribution in [-0.4, -0.2) is 36.3 Å². The molecule has 0 unspecified atom stereocenters. The molecule has 142 valence electrons. The van der Waals surface area contributed by atoms with Crippen molar-refractivity contribution in [2.45, 2.75) is 11.7 Å². The number of nitrogens with one attached hydrogen (secondary N) is 1. The average molecular weight is 396 g/mol. The molecular weight excluding hydrogens is 380 g/mol. The predicted molar refractivity (Wildman–Crippen MR) is 106 cm³/mol. The predicted octanol–water partition coefficient (Wildman–Crippen LogP) is 3.17. The molecule has 0 spiro atoms. The second-order valence-electron chi connectivity index (χ2n) is 5.59. The fourth-order valence-electron chi connectivity index (χ4n) is 2.39. The van der Waals surface area contributed by atoms with E-state index in [9.17, 15) is 14.9 Å². The Morgan fingerprint density at radius 2 is 2.07 bits per heavy atom. The van der Waals surface area contributed by atoms with Gasteiger partial charge in [0.2, 0.25) is 5.91 Å². The summed E-state index contributed by atoms with van der Waals surface area (Å²) in [6.07, 6.45) is 5.10. The van der Waals surface area contributed by atoms with Crippen LogP contribution in [0.4, 0.5) is 11.4 Å². The number of nitro benzene ring substituents is 1. The fraction of sp³-hybridized carbons (Fsp3) is 0.111. The molecule has 0 aliphatic carbocycles. The lowest BCUT2D eigenvalue weighted by Crippen LogP contribution is -2.14. The molecule has 9 nitrogen and oxygen atoms in total. The number of pyridine rings is 1. The number of allylic oxidation sites excluding steroid dienone is 1. The molecule has 28 heavy (non-hydrogen) atoms. The van der Waals surface area contributed by atoms with E-state index in [4.69, 9.17) is 0 Å². The molecule has 0 atom stereocenters. The normalized spacial score (nSPS) is 10.4. The Balaban J connectivity index is 1.66. The van der Waals surface area contributed by atoms with Gasteiger partial charge in [0.05, 0.1) is 10.7 Å². The molecule has 0 bridgehead atoms. The zero-order valence-corrected chi connectivity index (χ0v) is 15.5. The number of non-ortho nitro benzene ring substituents is 1. The Labute approximate surface area is 164 Å². The minimum atomic E-state index is -0.492. The van der Waals surface area contributed by atoms with Crippen molar-refractivity contribution in [3.63, 3.8) is 0 Å². The third-order valence-corrected chi connectivity index (χ3v) is 4.61. The van der Waals surface area contributed by atoms with Crippen molar-refractivity contribution in [2.24, 2.45) is 0 Å². The summed E-state index contributed by atoms with van der Waals surface area (Å²) in [5.74, 6) is 0.500. The number of hydrogen-bond acceptors (Lipinski definition) is 7. The van der Waals surface area contributed by atoms with Gasteiger partial charge in [-0.1, -0.05) is 17.8 Å². The van der Waals surface area contributed by atoms with Gasteiger partial charge in [-0.15, -0.1) is 16.8 Å². The second kappa shape index (κ2) is 8.91. The van der Waals surface area contributed by atoms with Crippen molar-refractivity contribution < 1.29 is 9.72 Å². The first-order chi connectivity index (χ1) is 13.6. The lowest BCUT2D eigenvalue weighted by atomic mass is 10.3. The topological polar surface area (TPSA) is 116 Å². The number of hydrogen-bond donors (Lipinski definition) is 1. The highest BCUT2D eigenvalue weighted by molar-refractivity contribution is 7.99. The molecule has 2 aromatic heterocycles. The summed E-state index contributed by atoms with van der Waals surface area (Å²) in [6.45, 7) is 4.24. The first-order valence-corrected chi connectivity index (χ1v) is 9.18. The highest BCUT2D eigenvalue weighted by atomic mass is 32.2. The number of anilines is 1. The van der Waals surface area contributed by atoms with Crippen LogP contribution in [0.1, 0.15) is 0 Å². The van der Waals surface area contributed by atoms with Crippen molar-refractivity contribution in [3.8, 4) is 11.4 Å².